The van der Waals surface area contributed by atoms with Crippen molar-refractivity contribution in [3.8, 4) is 0 Å². The van der Waals surface area contributed by atoms with Gasteiger partial charge in [0.2, 0.25) is 0 Å². The second-order valence-electron chi connectivity index (χ2n) is 4.47. The molecule has 2 rings (SSSR count). The molecule has 0 radical (unpaired) electrons. The SMILES string of the molecule is COC/C=C\c1nc(C2=CC=C([N+](=O)[O-])C=CC2)sc1C. The molecule has 1 aromatic heterocycles. The second-order valence-corrected chi connectivity index (χ2v) is 5.67. The number of nitro groups is 1. The van der Waals surface area contributed by atoms with E-state index in [4.69, 9.17) is 4.74 Å². The molecule has 1 heterocycles. The highest BCUT2D eigenvalue weighted by molar-refractivity contribution is 7.12. The molecule has 0 aromatic carbocycles. The first kappa shape index (κ1) is 15.3. The maximum Gasteiger partial charge on any atom is 0.269 e. The number of allylic oxidation sites excluding steroid dienone is 5. The van der Waals surface area contributed by atoms with Crippen LogP contribution >= 0.6 is 11.3 Å². The molecule has 0 spiro atoms. The number of aryl methyl sites for hydroxylation is 1. The molecule has 1 aromatic rings. The zero-order chi connectivity index (χ0) is 15.2. The number of methoxy groups -OCH3 is 1. The molecular formula is C15H16N2O3S. The number of hydrogen-bond acceptors (Lipinski definition) is 5. The quantitative estimate of drug-likeness (QED) is 0.615. The van der Waals surface area contributed by atoms with Crippen LogP contribution in [0.1, 0.15) is 22.0 Å². The molecule has 21 heavy (non-hydrogen) atoms. The summed E-state index contributed by atoms with van der Waals surface area (Å²) in [6.45, 7) is 2.56. The molecule has 0 bridgehead atoms. The van der Waals surface area contributed by atoms with Crippen molar-refractivity contribution in [3.63, 3.8) is 0 Å². The van der Waals surface area contributed by atoms with Crippen molar-refractivity contribution < 1.29 is 9.66 Å². The number of ether oxygens (including phenoxy) is 1. The number of hydrogen-bond donors (Lipinski definition) is 0. The lowest BCUT2D eigenvalue weighted by atomic mass is 10.2. The Kier molecular flexibility index (Phi) is 5.19. The minimum absolute atomic E-state index is 0.0958. The van der Waals surface area contributed by atoms with Crippen molar-refractivity contribution in [2.75, 3.05) is 13.7 Å². The van der Waals surface area contributed by atoms with Gasteiger partial charge in [-0.2, -0.15) is 0 Å². The summed E-state index contributed by atoms with van der Waals surface area (Å²) in [5, 5.41) is 11.7. The predicted molar refractivity (Wildman–Crippen MR) is 84.6 cm³/mol. The van der Waals surface area contributed by atoms with Crippen molar-refractivity contribution in [2.24, 2.45) is 0 Å². The molecule has 0 saturated heterocycles. The third-order valence-electron chi connectivity index (χ3n) is 2.94. The van der Waals surface area contributed by atoms with Crippen LogP contribution in [0.5, 0.6) is 0 Å². The lowest BCUT2D eigenvalue weighted by Crippen LogP contribution is -1.93. The van der Waals surface area contributed by atoms with Gasteiger partial charge in [0.15, 0.2) is 0 Å². The topological polar surface area (TPSA) is 65.3 Å². The third-order valence-corrected chi connectivity index (χ3v) is 4.00. The van der Waals surface area contributed by atoms with Crippen LogP contribution in [-0.2, 0) is 4.74 Å². The lowest BCUT2D eigenvalue weighted by Gasteiger charge is -1.96. The molecule has 6 heteroatoms. The number of nitrogens with zero attached hydrogens (tertiary/aromatic N) is 2. The molecule has 110 valence electrons. The van der Waals surface area contributed by atoms with Crippen LogP contribution in [0.4, 0.5) is 0 Å². The Hall–Kier alpha value is -2.05. The Morgan fingerprint density at radius 2 is 2.33 bits per heavy atom. The second kappa shape index (κ2) is 7.10. The molecule has 0 saturated carbocycles. The summed E-state index contributed by atoms with van der Waals surface area (Å²) in [5.41, 5.74) is 2.00. The molecule has 5 nitrogen and oxygen atoms in total. The van der Waals surface area contributed by atoms with Gasteiger partial charge in [-0.05, 0) is 31.1 Å². The minimum atomic E-state index is -0.387. The fraction of sp³-hybridized carbons (Fsp3) is 0.267. The van der Waals surface area contributed by atoms with Crippen molar-refractivity contribution in [1.82, 2.24) is 4.98 Å². The monoisotopic (exact) mass is 304 g/mol. The van der Waals surface area contributed by atoms with Gasteiger partial charge in [-0.15, -0.1) is 11.3 Å². The first-order valence-corrected chi connectivity index (χ1v) is 7.28. The summed E-state index contributed by atoms with van der Waals surface area (Å²) in [6, 6.07) is 0. The Morgan fingerprint density at radius 3 is 3.05 bits per heavy atom. The maximum atomic E-state index is 10.8. The molecular weight excluding hydrogens is 288 g/mol. The Balaban J connectivity index is 2.25. The van der Waals surface area contributed by atoms with E-state index in [1.807, 2.05) is 19.1 Å². The Morgan fingerprint density at radius 1 is 1.52 bits per heavy atom. The molecule has 0 atom stereocenters. The largest absolute Gasteiger partial charge is 0.381 e. The van der Waals surface area contributed by atoms with Crippen LogP contribution in [0.15, 0.2) is 36.1 Å². The van der Waals surface area contributed by atoms with E-state index in [2.05, 4.69) is 4.98 Å². The summed E-state index contributed by atoms with van der Waals surface area (Å²) in [5.74, 6) is 0. The van der Waals surface area contributed by atoms with E-state index in [1.54, 1.807) is 30.6 Å². The van der Waals surface area contributed by atoms with Gasteiger partial charge in [0.1, 0.15) is 5.01 Å². The molecule has 1 aliphatic rings. The summed E-state index contributed by atoms with van der Waals surface area (Å²) in [7, 11) is 1.64. The van der Waals surface area contributed by atoms with Crippen LogP contribution in [-0.4, -0.2) is 23.6 Å². The van der Waals surface area contributed by atoms with Gasteiger partial charge in [0.05, 0.1) is 17.2 Å². The fourth-order valence-electron chi connectivity index (χ4n) is 1.85. The fourth-order valence-corrected chi connectivity index (χ4v) is 2.79. The van der Waals surface area contributed by atoms with E-state index in [1.165, 1.54) is 12.2 Å². The van der Waals surface area contributed by atoms with E-state index in [0.717, 1.165) is 21.2 Å². The lowest BCUT2D eigenvalue weighted by molar-refractivity contribution is -0.419. The minimum Gasteiger partial charge on any atom is -0.381 e. The van der Waals surface area contributed by atoms with Crippen LogP contribution in [0, 0.1) is 17.0 Å². The van der Waals surface area contributed by atoms with E-state index in [-0.39, 0.29) is 10.6 Å². The number of aromatic nitrogens is 1. The van der Waals surface area contributed by atoms with Gasteiger partial charge < -0.3 is 4.74 Å². The van der Waals surface area contributed by atoms with Crippen molar-refractivity contribution in [2.45, 2.75) is 13.3 Å². The maximum absolute atomic E-state index is 10.8. The van der Waals surface area contributed by atoms with Crippen LogP contribution < -0.4 is 0 Å². The van der Waals surface area contributed by atoms with Crippen LogP contribution in [0.2, 0.25) is 0 Å². The number of rotatable bonds is 5. The zero-order valence-corrected chi connectivity index (χ0v) is 12.7. The summed E-state index contributed by atoms with van der Waals surface area (Å²) in [4.78, 5) is 16.1. The van der Waals surface area contributed by atoms with Crippen molar-refractivity contribution in [1.29, 1.82) is 0 Å². The average Bonchev–Trinajstić information content (AvgIpc) is 2.67. The van der Waals surface area contributed by atoms with E-state index in [0.29, 0.717) is 13.0 Å². The highest BCUT2D eigenvalue weighted by Gasteiger charge is 2.12. The molecule has 0 unspecified atom stereocenters. The molecule has 0 aliphatic heterocycles. The van der Waals surface area contributed by atoms with Crippen LogP contribution in [0.3, 0.4) is 0 Å². The summed E-state index contributed by atoms with van der Waals surface area (Å²) >= 11 is 1.59. The van der Waals surface area contributed by atoms with Crippen molar-refractivity contribution >= 4 is 23.0 Å². The van der Waals surface area contributed by atoms with Crippen LogP contribution in [0.25, 0.3) is 11.6 Å². The highest BCUT2D eigenvalue weighted by Crippen LogP contribution is 2.28. The molecule has 0 fully saturated rings. The Bertz CT molecular complexity index is 654. The van der Waals surface area contributed by atoms with Gasteiger partial charge in [0, 0.05) is 24.1 Å². The smallest absolute Gasteiger partial charge is 0.269 e. The standard InChI is InChI=1S/C15H16N2O3S/c1-11-14(7-4-10-20-2)16-15(21-11)12-5-3-6-13(9-8-12)17(18)19/h3-4,6-9H,5,10H2,1-2H3/b7-4-. The average molecular weight is 304 g/mol. The van der Waals surface area contributed by atoms with Gasteiger partial charge >= 0.3 is 0 Å². The van der Waals surface area contributed by atoms with Crippen molar-refractivity contribution in [3.05, 3.63) is 61.8 Å². The van der Waals surface area contributed by atoms with E-state index < -0.39 is 0 Å². The zero-order valence-electron chi connectivity index (χ0n) is 11.9. The molecule has 0 N–H and O–H groups in total. The molecule has 0 amide bonds. The van der Waals surface area contributed by atoms with Gasteiger partial charge in [0.25, 0.3) is 5.70 Å². The first-order chi connectivity index (χ1) is 10.1. The Labute approximate surface area is 127 Å². The molecule has 1 aliphatic carbocycles. The van der Waals surface area contributed by atoms with Gasteiger partial charge in [-0.25, -0.2) is 4.98 Å². The van der Waals surface area contributed by atoms with E-state index in [9.17, 15) is 10.1 Å². The third kappa shape index (κ3) is 3.96. The van der Waals surface area contributed by atoms with Gasteiger partial charge in [-0.1, -0.05) is 12.2 Å². The summed E-state index contributed by atoms with van der Waals surface area (Å²) in [6.07, 6.45) is 11.1. The van der Waals surface area contributed by atoms with E-state index >= 15 is 0 Å². The van der Waals surface area contributed by atoms with Gasteiger partial charge in [-0.3, -0.25) is 10.1 Å². The summed E-state index contributed by atoms with van der Waals surface area (Å²) < 4.78 is 4.97. The predicted octanol–water partition coefficient (Wildman–Crippen LogP) is 3.62. The normalized spacial score (nSPS) is 15.0. The first-order valence-electron chi connectivity index (χ1n) is 6.47. The number of thiazole rings is 1. The highest BCUT2D eigenvalue weighted by atomic mass is 32.1.